The van der Waals surface area contributed by atoms with E-state index in [0.717, 1.165) is 0 Å². The average Bonchev–Trinajstić information content (AvgIpc) is 1.44. The summed E-state index contributed by atoms with van der Waals surface area (Å²) in [7, 11) is -12.4. The second-order valence-corrected chi connectivity index (χ2v) is 5.05. The monoisotopic (exact) mass is 270 g/mol. The van der Waals surface area contributed by atoms with Crippen molar-refractivity contribution in [3.8, 4) is 0 Å². The molecule has 0 aromatic carbocycles. The van der Waals surface area contributed by atoms with Gasteiger partial charge in [-0.05, 0) is 6.92 Å². The first-order valence-corrected chi connectivity index (χ1v) is 6.16. The summed E-state index contributed by atoms with van der Waals surface area (Å²) < 4.78 is 77.2. The summed E-state index contributed by atoms with van der Waals surface area (Å²) in [6.45, 7) is 4.84. The zero-order valence-corrected chi connectivity index (χ0v) is 9.63. The SMILES string of the molecule is C=C(C)CS(=O)(=O)O.FP(F)(F)(F)F.[H-].[Li+]. The predicted octanol–water partition coefficient (Wildman–Crippen LogP) is 0.529. The number of hydrogen-bond acceptors (Lipinski definition) is 2. The van der Waals surface area contributed by atoms with Crippen LogP contribution in [0.15, 0.2) is 12.2 Å². The van der Waals surface area contributed by atoms with Crippen molar-refractivity contribution >= 4 is 18.3 Å². The van der Waals surface area contributed by atoms with Crippen molar-refractivity contribution in [3.05, 3.63) is 12.2 Å². The van der Waals surface area contributed by atoms with Gasteiger partial charge in [0.25, 0.3) is 10.1 Å². The molecule has 0 saturated carbocycles. The van der Waals surface area contributed by atoms with Gasteiger partial charge in [-0.15, -0.1) is 0 Å². The van der Waals surface area contributed by atoms with E-state index in [4.69, 9.17) is 4.55 Å². The van der Waals surface area contributed by atoms with E-state index < -0.39 is 18.3 Å². The van der Waals surface area contributed by atoms with Crippen LogP contribution in [0.4, 0.5) is 21.0 Å². The Hall–Kier alpha value is 0.327. The molecule has 0 saturated heterocycles. The quantitative estimate of drug-likeness (QED) is 0.262. The molecule has 0 bridgehead atoms. The maximum Gasteiger partial charge on any atom is 1.00 e. The molecule has 0 rings (SSSR count). The van der Waals surface area contributed by atoms with E-state index in [1.807, 2.05) is 0 Å². The molecule has 0 radical (unpaired) electrons. The van der Waals surface area contributed by atoms with Crippen LogP contribution < -0.4 is 18.9 Å². The van der Waals surface area contributed by atoms with Crippen molar-refractivity contribution in [2.45, 2.75) is 6.92 Å². The molecule has 0 fully saturated rings. The number of hydrogen-bond donors (Lipinski definition) is 1. The van der Waals surface area contributed by atoms with Crippen molar-refractivity contribution in [1.82, 2.24) is 0 Å². The normalized spacial score (nSPS) is 13.7. The first-order valence-electron chi connectivity index (χ1n) is 2.86. The van der Waals surface area contributed by atoms with E-state index in [1.165, 1.54) is 6.92 Å². The fourth-order valence-electron chi connectivity index (χ4n) is 0.311. The van der Waals surface area contributed by atoms with Crippen LogP contribution in [0.3, 0.4) is 0 Å². The number of rotatable bonds is 2. The molecule has 0 aromatic rings. The Kier molecular flexibility index (Phi) is 8.50. The van der Waals surface area contributed by atoms with E-state index in [-0.39, 0.29) is 26.0 Å². The van der Waals surface area contributed by atoms with Crippen LogP contribution in [0.25, 0.3) is 0 Å². The summed E-state index contributed by atoms with van der Waals surface area (Å²) in [5.41, 5.74) is 0.438. The van der Waals surface area contributed by atoms with E-state index in [9.17, 15) is 29.4 Å². The van der Waals surface area contributed by atoms with Gasteiger partial charge < -0.3 is 1.43 Å². The molecule has 0 amide bonds. The van der Waals surface area contributed by atoms with Gasteiger partial charge in [0.1, 0.15) is 0 Å². The first-order chi connectivity index (χ1) is 5.65. The molecule has 3 nitrogen and oxygen atoms in total. The summed E-state index contributed by atoms with van der Waals surface area (Å²) >= 11 is 0. The topological polar surface area (TPSA) is 54.4 Å². The van der Waals surface area contributed by atoms with Crippen LogP contribution in [0, 0.1) is 0 Å². The Labute approximate surface area is 97.7 Å². The molecule has 0 aromatic heterocycles. The van der Waals surface area contributed by atoms with Crippen molar-refractivity contribution < 1.29 is 54.2 Å². The van der Waals surface area contributed by atoms with Crippen LogP contribution >= 0.6 is 8.16 Å². The first kappa shape index (κ1) is 20.7. The summed E-state index contributed by atoms with van der Waals surface area (Å²) in [5, 5.41) is 0. The van der Waals surface area contributed by atoms with Crippen LogP contribution in [0.5, 0.6) is 0 Å². The van der Waals surface area contributed by atoms with Gasteiger partial charge in [-0.2, -0.15) is 8.42 Å². The molecule has 0 spiro atoms. The minimum Gasteiger partial charge on any atom is -1.00 e. The molecule has 15 heavy (non-hydrogen) atoms. The Morgan fingerprint density at radius 3 is 1.53 bits per heavy atom. The van der Waals surface area contributed by atoms with Gasteiger partial charge >= 0.3 is 48.0 Å². The van der Waals surface area contributed by atoms with Gasteiger partial charge in [0.2, 0.25) is 0 Å². The molecule has 0 aliphatic rings. The van der Waals surface area contributed by atoms with E-state index in [1.54, 1.807) is 0 Å². The third kappa shape index (κ3) is 76.7. The summed E-state index contributed by atoms with van der Waals surface area (Å²) in [6, 6.07) is 0. The zero-order chi connectivity index (χ0) is 12.2. The van der Waals surface area contributed by atoms with Crippen LogP contribution in [0.1, 0.15) is 8.35 Å². The Bertz CT molecular complexity index is 296. The molecule has 11 heteroatoms. The van der Waals surface area contributed by atoms with Gasteiger partial charge in [0, 0.05) is 0 Å². The standard InChI is InChI=1S/C4H8O3S.F5P.Li.H/c1-4(2)3-8(5,6)7;1-6(2,3,4)5;;/h1,3H2,2H3,(H,5,6,7);;;/q;;+1;-1. The maximum absolute atomic E-state index is 9.94. The third-order valence-corrected chi connectivity index (χ3v) is 1.29. The molecule has 0 aliphatic heterocycles. The van der Waals surface area contributed by atoms with Crippen molar-refractivity contribution in [1.29, 1.82) is 0 Å². The van der Waals surface area contributed by atoms with Gasteiger partial charge in [0.05, 0.1) is 5.75 Å². The largest absolute Gasteiger partial charge is 1.00 e. The fourth-order valence-corrected chi connectivity index (χ4v) is 0.934. The fraction of sp³-hybridized carbons (Fsp3) is 0.500. The van der Waals surface area contributed by atoms with Gasteiger partial charge in [-0.25, -0.2) is 0 Å². The molecule has 1 N–H and O–H groups in total. The minimum absolute atomic E-state index is 0. The van der Waals surface area contributed by atoms with Crippen LogP contribution in [-0.4, -0.2) is 18.7 Å². The van der Waals surface area contributed by atoms with Crippen molar-refractivity contribution in [2.75, 3.05) is 5.75 Å². The molecular formula is C4H9F5LiO3PS. The van der Waals surface area contributed by atoms with Crippen LogP contribution in [0.2, 0.25) is 0 Å². The second-order valence-electron chi connectivity index (χ2n) is 2.32. The summed E-state index contributed by atoms with van der Waals surface area (Å²) in [4.78, 5) is 0. The van der Waals surface area contributed by atoms with Gasteiger partial charge in [0.15, 0.2) is 0 Å². The molecular weight excluding hydrogens is 261 g/mol. The molecule has 0 atom stereocenters. The average molecular weight is 270 g/mol. The van der Waals surface area contributed by atoms with E-state index in [0.29, 0.717) is 5.57 Å². The molecule has 0 aliphatic carbocycles. The minimum atomic E-state index is -8.55. The molecule has 90 valence electrons. The Morgan fingerprint density at radius 2 is 1.53 bits per heavy atom. The van der Waals surface area contributed by atoms with E-state index in [2.05, 4.69) is 6.58 Å². The second kappa shape index (κ2) is 6.16. The van der Waals surface area contributed by atoms with Gasteiger partial charge in [-0.3, -0.25) is 4.55 Å². The smallest absolute Gasteiger partial charge is 1.00 e. The van der Waals surface area contributed by atoms with E-state index >= 15 is 0 Å². The molecule has 0 unspecified atom stereocenters. The summed E-state index contributed by atoms with van der Waals surface area (Å²) in [5.74, 6) is -0.340. The molecule has 0 heterocycles. The van der Waals surface area contributed by atoms with Crippen molar-refractivity contribution in [3.63, 3.8) is 0 Å². The summed E-state index contributed by atoms with van der Waals surface area (Å²) in [6.07, 6.45) is 0. The van der Waals surface area contributed by atoms with Gasteiger partial charge in [-0.1, -0.05) is 12.2 Å². The number of halogens is 5. The predicted molar refractivity (Wildman–Crippen MR) is 44.8 cm³/mol. The Morgan fingerprint density at radius 1 is 1.33 bits per heavy atom. The van der Waals surface area contributed by atoms with Crippen LogP contribution in [-0.2, 0) is 10.1 Å². The van der Waals surface area contributed by atoms with Crippen molar-refractivity contribution in [2.24, 2.45) is 0 Å². The third-order valence-electron chi connectivity index (χ3n) is 0.429. The maximum atomic E-state index is 9.94. The Balaban J connectivity index is -0.0000000825. The zero-order valence-electron chi connectivity index (χ0n) is 8.92.